The van der Waals surface area contributed by atoms with Crippen LogP contribution < -0.4 is 4.90 Å². The number of hydrogen-bond donors (Lipinski definition) is 0. The molecule has 1 unspecified atom stereocenters. The third-order valence-electron chi connectivity index (χ3n) is 6.49. The Kier molecular flexibility index (Phi) is 5.64. The molecule has 0 aliphatic heterocycles. The number of benzene rings is 4. The van der Waals surface area contributed by atoms with Gasteiger partial charge < -0.3 is 4.90 Å². The predicted molar refractivity (Wildman–Crippen MR) is 138 cm³/mol. The molecule has 158 valence electrons. The molecule has 0 bridgehead atoms. The molecule has 1 aliphatic rings. The van der Waals surface area contributed by atoms with Crippen molar-refractivity contribution in [2.45, 2.75) is 26.3 Å². The van der Waals surface area contributed by atoms with Crippen molar-refractivity contribution >= 4 is 22.1 Å². The summed E-state index contributed by atoms with van der Waals surface area (Å²) < 4.78 is 0. The number of rotatable bonds is 4. The van der Waals surface area contributed by atoms with E-state index in [1.54, 1.807) is 0 Å². The third-order valence-corrected chi connectivity index (χ3v) is 6.49. The molecule has 1 heteroatoms. The summed E-state index contributed by atoms with van der Waals surface area (Å²) in [6.07, 6.45) is 8.10. The maximum Gasteiger partial charge on any atom is 0.0553 e. The monoisotopic (exact) mass is 415 g/mol. The maximum absolute atomic E-state index is 2.52. The summed E-state index contributed by atoms with van der Waals surface area (Å²) in [5.41, 5.74) is 6.29. The van der Waals surface area contributed by atoms with E-state index in [2.05, 4.69) is 134 Å². The molecular formula is C31H29N. The van der Waals surface area contributed by atoms with Gasteiger partial charge in [0.25, 0.3) is 0 Å². The van der Waals surface area contributed by atoms with Gasteiger partial charge in [-0.3, -0.25) is 0 Å². The Morgan fingerprint density at radius 3 is 2.25 bits per heavy atom. The molecule has 0 heterocycles. The van der Waals surface area contributed by atoms with Crippen molar-refractivity contribution in [2.24, 2.45) is 5.92 Å². The van der Waals surface area contributed by atoms with Gasteiger partial charge in [0.15, 0.2) is 0 Å². The quantitative estimate of drug-likeness (QED) is 0.323. The van der Waals surface area contributed by atoms with E-state index in [4.69, 9.17) is 0 Å². The molecule has 1 aliphatic carbocycles. The molecule has 0 N–H and O–H groups in total. The van der Waals surface area contributed by atoms with Gasteiger partial charge in [0, 0.05) is 11.4 Å². The topological polar surface area (TPSA) is 3.24 Å². The van der Waals surface area contributed by atoms with Crippen molar-refractivity contribution in [3.05, 3.63) is 121 Å². The zero-order valence-corrected chi connectivity index (χ0v) is 18.8. The van der Waals surface area contributed by atoms with Crippen molar-refractivity contribution in [1.82, 2.24) is 0 Å². The largest absolute Gasteiger partial charge is 0.334 e. The van der Waals surface area contributed by atoms with Crippen LogP contribution >= 0.6 is 0 Å². The number of fused-ring (bicyclic) bond motifs is 1. The average molecular weight is 416 g/mol. The number of hydrogen-bond acceptors (Lipinski definition) is 1. The van der Waals surface area contributed by atoms with Crippen LogP contribution in [0.3, 0.4) is 0 Å². The van der Waals surface area contributed by atoms with E-state index in [1.807, 2.05) is 0 Å². The second kappa shape index (κ2) is 8.88. The van der Waals surface area contributed by atoms with E-state index < -0.39 is 0 Å². The van der Waals surface area contributed by atoms with Gasteiger partial charge in [-0.25, -0.2) is 0 Å². The van der Waals surface area contributed by atoms with Gasteiger partial charge in [0.1, 0.15) is 0 Å². The van der Waals surface area contributed by atoms with Gasteiger partial charge in [0.2, 0.25) is 0 Å². The van der Waals surface area contributed by atoms with Crippen LogP contribution in [-0.2, 0) is 0 Å². The van der Waals surface area contributed by atoms with Crippen molar-refractivity contribution in [2.75, 3.05) is 4.90 Å². The summed E-state index contributed by atoms with van der Waals surface area (Å²) in [5.74, 6) is 0.496. The van der Waals surface area contributed by atoms with Crippen molar-refractivity contribution in [1.29, 1.82) is 0 Å². The van der Waals surface area contributed by atoms with E-state index in [-0.39, 0.29) is 6.04 Å². The normalized spacial score (nSPS) is 18.2. The van der Waals surface area contributed by atoms with Crippen LogP contribution in [0.5, 0.6) is 0 Å². The molecule has 0 saturated heterocycles. The van der Waals surface area contributed by atoms with Gasteiger partial charge >= 0.3 is 0 Å². The van der Waals surface area contributed by atoms with E-state index in [0.29, 0.717) is 5.92 Å². The van der Waals surface area contributed by atoms with Crippen LogP contribution in [0, 0.1) is 5.92 Å². The smallest absolute Gasteiger partial charge is 0.0553 e. The minimum absolute atomic E-state index is 0.274. The molecule has 0 spiro atoms. The molecule has 5 rings (SSSR count). The minimum Gasteiger partial charge on any atom is -0.334 e. The lowest BCUT2D eigenvalue weighted by Gasteiger charge is -2.36. The van der Waals surface area contributed by atoms with Gasteiger partial charge in [-0.05, 0) is 65.4 Å². The Labute approximate surface area is 191 Å². The molecule has 1 nitrogen and oxygen atoms in total. The predicted octanol–water partition coefficient (Wildman–Crippen LogP) is 8.56. The Bertz CT molecular complexity index is 1280. The fourth-order valence-electron chi connectivity index (χ4n) is 4.65. The number of anilines is 2. The SMILES string of the molecule is CC1=CCC(C)[C@H](N(c2cccc(-c3ccccc3)c2)c2ccc3ccccc3c2)C=C1. The van der Waals surface area contributed by atoms with Gasteiger partial charge in [-0.15, -0.1) is 0 Å². The first-order chi connectivity index (χ1) is 15.7. The van der Waals surface area contributed by atoms with Crippen LogP contribution in [0.4, 0.5) is 11.4 Å². The molecule has 4 aromatic carbocycles. The van der Waals surface area contributed by atoms with Crippen LogP contribution in [-0.4, -0.2) is 6.04 Å². The number of allylic oxidation sites excluding steroid dienone is 3. The van der Waals surface area contributed by atoms with Crippen molar-refractivity contribution in [3.63, 3.8) is 0 Å². The highest BCUT2D eigenvalue weighted by Crippen LogP contribution is 2.37. The van der Waals surface area contributed by atoms with Gasteiger partial charge in [-0.2, -0.15) is 0 Å². The molecular weight excluding hydrogens is 386 g/mol. The standard InChI is InChI=1S/C31H29N/c1-23-15-17-24(2)31(20-16-23)32(30-19-18-26-11-6-7-12-27(26)22-30)29-14-8-13-28(21-29)25-9-4-3-5-10-25/h3-16,18-22,24,31H,17H2,1-2H3/t24?,31-/m1/s1. The van der Waals surface area contributed by atoms with Crippen molar-refractivity contribution in [3.8, 4) is 11.1 Å². The van der Waals surface area contributed by atoms with Crippen LogP contribution in [0.1, 0.15) is 20.3 Å². The number of nitrogens with zero attached hydrogens (tertiary/aromatic N) is 1. The highest BCUT2D eigenvalue weighted by Gasteiger charge is 2.25. The Balaban J connectivity index is 1.65. The Morgan fingerprint density at radius 2 is 1.41 bits per heavy atom. The molecule has 0 aromatic heterocycles. The van der Waals surface area contributed by atoms with Crippen LogP contribution in [0.2, 0.25) is 0 Å². The summed E-state index contributed by atoms with van der Waals surface area (Å²) >= 11 is 0. The van der Waals surface area contributed by atoms with Gasteiger partial charge in [0.05, 0.1) is 6.04 Å². The molecule has 0 amide bonds. The summed E-state index contributed by atoms with van der Waals surface area (Å²) in [5, 5.41) is 2.55. The molecule has 0 radical (unpaired) electrons. The molecule has 32 heavy (non-hydrogen) atoms. The van der Waals surface area contributed by atoms with E-state index in [9.17, 15) is 0 Å². The summed E-state index contributed by atoms with van der Waals surface area (Å²) in [6, 6.07) is 35.3. The molecule has 4 aromatic rings. The zero-order chi connectivity index (χ0) is 21.9. The molecule has 2 atom stereocenters. The highest BCUT2D eigenvalue weighted by molar-refractivity contribution is 5.87. The van der Waals surface area contributed by atoms with E-state index >= 15 is 0 Å². The summed E-state index contributed by atoms with van der Waals surface area (Å²) in [6.45, 7) is 4.56. The average Bonchev–Trinajstić information content (AvgIpc) is 3.01. The minimum atomic E-state index is 0.274. The third kappa shape index (κ3) is 4.11. The second-order valence-corrected chi connectivity index (χ2v) is 8.83. The lowest BCUT2D eigenvalue weighted by atomic mass is 9.95. The zero-order valence-electron chi connectivity index (χ0n) is 18.8. The van der Waals surface area contributed by atoms with E-state index in [0.717, 1.165) is 6.42 Å². The first kappa shape index (κ1) is 20.3. The van der Waals surface area contributed by atoms with Crippen LogP contribution in [0.25, 0.3) is 21.9 Å². The Morgan fingerprint density at radius 1 is 0.688 bits per heavy atom. The van der Waals surface area contributed by atoms with E-state index in [1.165, 1.54) is 38.8 Å². The second-order valence-electron chi connectivity index (χ2n) is 8.83. The summed E-state index contributed by atoms with van der Waals surface area (Å²) in [7, 11) is 0. The maximum atomic E-state index is 2.52. The van der Waals surface area contributed by atoms with Gasteiger partial charge in [-0.1, -0.05) is 104 Å². The fourth-order valence-corrected chi connectivity index (χ4v) is 4.65. The molecule has 0 fully saturated rings. The van der Waals surface area contributed by atoms with Crippen LogP contribution in [0.15, 0.2) is 121 Å². The lowest BCUT2D eigenvalue weighted by Crippen LogP contribution is -2.34. The Hall–Kier alpha value is -3.58. The summed E-state index contributed by atoms with van der Waals surface area (Å²) in [4.78, 5) is 2.52. The lowest BCUT2D eigenvalue weighted by molar-refractivity contribution is 0.520. The fraction of sp³-hybridized carbons (Fsp3) is 0.161. The highest BCUT2D eigenvalue weighted by atomic mass is 15.2. The first-order valence-corrected chi connectivity index (χ1v) is 11.5. The molecule has 0 saturated carbocycles. The first-order valence-electron chi connectivity index (χ1n) is 11.5. The van der Waals surface area contributed by atoms with Crippen molar-refractivity contribution < 1.29 is 0 Å².